The van der Waals surface area contributed by atoms with E-state index in [1.54, 1.807) is 6.20 Å². The highest BCUT2D eigenvalue weighted by Crippen LogP contribution is 2.24. The lowest BCUT2D eigenvalue weighted by molar-refractivity contribution is -0.492. The summed E-state index contributed by atoms with van der Waals surface area (Å²) in [6, 6.07) is 30.2. The summed E-state index contributed by atoms with van der Waals surface area (Å²) in [6.07, 6.45) is 1.80. The van der Waals surface area contributed by atoms with Gasteiger partial charge in [0.25, 0.3) is 0 Å². The van der Waals surface area contributed by atoms with Crippen molar-refractivity contribution in [2.24, 2.45) is 10.3 Å². The highest BCUT2D eigenvalue weighted by Gasteiger charge is 2.25. The average Bonchev–Trinajstić information content (AvgIpc) is 3.31. The minimum absolute atomic E-state index is 0.580. The van der Waals surface area contributed by atoms with E-state index >= 15 is 0 Å². The Bertz CT molecular complexity index is 1120. The maximum Gasteiger partial charge on any atom is 0.249 e. The van der Waals surface area contributed by atoms with Crippen molar-refractivity contribution in [2.75, 3.05) is 6.54 Å². The normalized spacial score (nSPS) is 13.1. The summed E-state index contributed by atoms with van der Waals surface area (Å²) < 4.78 is 1.89. The van der Waals surface area contributed by atoms with Gasteiger partial charge < -0.3 is 0 Å². The van der Waals surface area contributed by atoms with Gasteiger partial charge in [-0.25, -0.2) is 4.98 Å². The molecule has 0 aliphatic carbocycles. The van der Waals surface area contributed by atoms with Gasteiger partial charge in [-0.2, -0.15) is 0 Å². The highest BCUT2D eigenvalue weighted by atomic mass is 15.5. The zero-order valence-electron chi connectivity index (χ0n) is 15.7. The van der Waals surface area contributed by atoms with Gasteiger partial charge in [0, 0.05) is 17.3 Å². The lowest BCUT2D eigenvalue weighted by Gasteiger charge is -2.04. The molecule has 4 aromatic rings. The fourth-order valence-electron chi connectivity index (χ4n) is 3.31. The number of pyridine rings is 2. The standard InChI is InChI=1S/C24H18N5/c1-2-8-18(9-3-1)22-13-7-14-23(26-22)24-17-29(28-27-24)20-11-6-10-19(16-20)21-12-4-5-15-25-21/h1-16H,17H2/q+1. The summed E-state index contributed by atoms with van der Waals surface area (Å²) in [4.78, 5) is 9.22. The fraction of sp³-hybridized carbons (Fsp3) is 0.0417. The summed E-state index contributed by atoms with van der Waals surface area (Å²) in [7, 11) is 0. The molecule has 0 unspecified atom stereocenters. The molecule has 2 aromatic carbocycles. The summed E-state index contributed by atoms with van der Waals surface area (Å²) in [6.45, 7) is 0.580. The van der Waals surface area contributed by atoms with Crippen LogP contribution in [0.1, 0.15) is 5.69 Å². The molecular formula is C24H18N5+. The van der Waals surface area contributed by atoms with Crippen LogP contribution in [-0.2, 0) is 0 Å². The zero-order valence-corrected chi connectivity index (χ0v) is 15.7. The van der Waals surface area contributed by atoms with Crippen LogP contribution in [0.15, 0.2) is 108 Å². The molecule has 138 valence electrons. The summed E-state index contributed by atoms with van der Waals surface area (Å²) >= 11 is 0. The molecule has 5 rings (SSSR count). The SMILES string of the molecule is c1ccc(-c2cccc(C3=NN=[N+](c4cccc(-c5ccccn5)c4)C3)n2)cc1. The molecule has 0 fully saturated rings. The van der Waals surface area contributed by atoms with Crippen LogP contribution in [0.5, 0.6) is 0 Å². The smallest absolute Gasteiger partial charge is 0.249 e. The van der Waals surface area contributed by atoms with E-state index in [1.165, 1.54) is 0 Å². The quantitative estimate of drug-likeness (QED) is 0.452. The van der Waals surface area contributed by atoms with E-state index in [4.69, 9.17) is 4.98 Å². The van der Waals surface area contributed by atoms with Gasteiger partial charge in [0.1, 0.15) is 10.9 Å². The lowest BCUT2D eigenvalue weighted by atomic mass is 10.1. The molecule has 0 atom stereocenters. The Morgan fingerprint density at radius 3 is 2.28 bits per heavy atom. The van der Waals surface area contributed by atoms with E-state index in [1.807, 2.05) is 71.4 Å². The Balaban J connectivity index is 1.38. The van der Waals surface area contributed by atoms with Gasteiger partial charge in [-0.05, 0) is 36.4 Å². The number of hydrogen-bond donors (Lipinski definition) is 0. The van der Waals surface area contributed by atoms with Crippen molar-refractivity contribution >= 4 is 11.4 Å². The molecule has 0 spiro atoms. The highest BCUT2D eigenvalue weighted by molar-refractivity contribution is 6.00. The first-order chi connectivity index (χ1) is 14.4. The number of rotatable bonds is 4. The van der Waals surface area contributed by atoms with Crippen LogP contribution in [0.3, 0.4) is 0 Å². The van der Waals surface area contributed by atoms with Crippen molar-refractivity contribution < 1.29 is 4.70 Å². The van der Waals surface area contributed by atoms with Gasteiger partial charge >= 0.3 is 0 Å². The Hall–Kier alpha value is -3.99. The molecule has 1 aliphatic heterocycles. The summed E-state index contributed by atoms with van der Waals surface area (Å²) in [5.41, 5.74) is 6.68. The van der Waals surface area contributed by atoms with Crippen LogP contribution in [0.2, 0.25) is 0 Å². The molecule has 3 heterocycles. The minimum Gasteiger partial charge on any atom is -0.256 e. The predicted octanol–water partition coefficient (Wildman–Crippen LogP) is 5.32. The first-order valence-corrected chi connectivity index (χ1v) is 9.46. The second-order valence-electron chi connectivity index (χ2n) is 6.73. The molecule has 0 saturated heterocycles. The Morgan fingerprint density at radius 1 is 0.655 bits per heavy atom. The van der Waals surface area contributed by atoms with Crippen LogP contribution in [0.25, 0.3) is 22.5 Å². The van der Waals surface area contributed by atoms with Crippen molar-refractivity contribution in [3.63, 3.8) is 0 Å². The third-order valence-electron chi connectivity index (χ3n) is 4.79. The molecule has 29 heavy (non-hydrogen) atoms. The lowest BCUT2D eigenvalue weighted by Crippen LogP contribution is -2.13. The van der Waals surface area contributed by atoms with Crippen molar-refractivity contribution in [2.45, 2.75) is 0 Å². The molecular weight excluding hydrogens is 358 g/mol. The van der Waals surface area contributed by atoms with E-state index in [0.29, 0.717) is 6.54 Å². The molecule has 2 aromatic heterocycles. The number of benzene rings is 2. The van der Waals surface area contributed by atoms with Gasteiger partial charge in [0.05, 0.1) is 16.5 Å². The molecule has 0 radical (unpaired) electrons. The third kappa shape index (κ3) is 3.58. The minimum atomic E-state index is 0.580. The fourth-order valence-corrected chi connectivity index (χ4v) is 3.31. The monoisotopic (exact) mass is 376 g/mol. The van der Waals surface area contributed by atoms with Crippen LogP contribution in [-0.4, -0.2) is 26.9 Å². The first-order valence-electron chi connectivity index (χ1n) is 9.46. The van der Waals surface area contributed by atoms with Crippen LogP contribution < -0.4 is 0 Å². The molecule has 5 heteroatoms. The van der Waals surface area contributed by atoms with E-state index in [2.05, 4.69) is 39.6 Å². The van der Waals surface area contributed by atoms with Gasteiger partial charge in [0.2, 0.25) is 5.71 Å². The molecule has 5 nitrogen and oxygen atoms in total. The number of nitrogens with zero attached hydrogens (tertiary/aromatic N) is 5. The van der Waals surface area contributed by atoms with Crippen LogP contribution in [0, 0.1) is 0 Å². The summed E-state index contributed by atoms with van der Waals surface area (Å²) in [5.74, 6) is 0. The molecule has 0 amide bonds. The number of hydrogen-bond acceptors (Lipinski definition) is 4. The Kier molecular flexibility index (Phi) is 4.47. The second-order valence-corrected chi connectivity index (χ2v) is 6.73. The van der Waals surface area contributed by atoms with E-state index < -0.39 is 0 Å². The van der Waals surface area contributed by atoms with Gasteiger partial charge in [-0.1, -0.05) is 54.6 Å². The van der Waals surface area contributed by atoms with E-state index in [0.717, 1.165) is 39.6 Å². The van der Waals surface area contributed by atoms with Gasteiger partial charge in [-0.15, -0.1) is 4.70 Å². The van der Waals surface area contributed by atoms with Crippen LogP contribution >= 0.6 is 0 Å². The third-order valence-corrected chi connectivity index (χ3v) is 4.79. The molecule has 0 N–H and O–H groups in total. The van der Waals surface area contributed by atoms with Crippen LogP contribution in [0.4, 0.5) is 5.69 Å². The van der Waals surface area contributed by atoms with Gasteiger partial charge in [-0.3, -0.25) is 4.98 Å². The average molecular weight is 376 g/mol. The Morgan fingerprint density at radius 2 is 1.41 bits per heavy atom. The molecule has 0 bridgehead atoms. The van der Waals surface area contributed by atoms with E-state index in [-0.39, 0.29) is 0 Å². The maximum absolute atomic E-state index is 4.79. The maximum atomic E-state index is 4.79. The molecule has 0 saturated carbocycles. The largest absolute Gasteiger partial charge is 0.256 e. The zero-order chi connectivity index (χ0) is 19.5. The molecule has 1 aliphatic rings. The number of aromatic nitrogens is 2. The Labute approximate surface area is 168 Å². The van der Waals surface area contributed by atoms with Crippen molar-refractivity contribution in [3.8, 4) is 22.5 Å². The van der Waals surface area contributed by atoms with E-state index in [9.17, 15) is 0 Å². The first kappa shape index (κ1) is 17.1. The van der Waals surface area contributed by atoms with Crippen molar-refractivity contribution in [1.29, 1.82) is 0 Å². The topological polar surface area (TPSA) is 53.5 Å². The second kappa shape index (κ2) is 7.56. The summed E-state index contributed by atoms with van der Waals surface area (Å²) in [5, 5.41) is 8.75. The van der Waals surface area contributed by atoms with Gasteiger partial charge in [0.15, 0.2) is 12.2 Å². The van der Waals surface area contributed by atoms with Crippen molar-refractivity contribution in [3.05, 3.63) is 103 Å². The predicted molar refractivity (Wildman–Crippen MR) is 113 cm³/mol. The van der Waals surface area contributed by atoms with Crippen molar-refractivity contribution in [1.82, 2.24) is 9.97 Å².